The predicted molar refractivity (Wildman–Crippen MR) is 98.4 cm³/mol. The van der Waals surface area contributed by atoms with E-state index in [-0.39, 0.29) is 29.2 Å². The van der Waals surface area contributed by atoms with Gasteiger partial charge >= 0.3 is 0 Å². The summed E-state index contributed by atoms with van der Waals surface area (Å²) in [6.45, 7) is 7.56. The van der Waals surface area contributed by atoms with Crippen LogP contribution in [0, 0.1) is 5.41 Å². The molecule has 1 saturated heterocycles. The van der Waals surface area contributed by atoms with Gasteiger partial charge in [0, 0.05) is 17.3 Å². The Hall–Kier alpha value is -1.56. The Balaban J connectivity index is 2.34. The highest BCUT2D eigenvalue weighted by Gasteiger charge is 2.42. The maximum atomic E-state index is 12.3. The van der Waals surface area contributed by atoms with Crippen molar-refractivity contribution in [3.63, 3.8) is 0 Å². The molecule has 1 aromatic carbocycles. The number of nitrogens with zero attached hydrogens (tertiary/aromatic N) is 1. The van der Waals surface area contributed by atoms with E-state index in [9.17, 15) is 14.4 Å². The summed E-state index contributed by atoms with van der Waals surface area (Å²) in [5, 5.41) is -0.303. The number of imide groups is 1. The molecule has 6 heteroatoms. The number of amides is 2. The second kappa shape index (κ2) is 6.39. The van der Waals surface area contributed by atoms with Crippen molar-refractivity contribution < 1.29 is 14.4 Å². The third-order valence-corrected chi connectivity index (χ3v) is 6.35. The van der Waals surface area contributed by atoms with Crippen LogP contribution < -0.4 is 4.90 Å². The molecule has 24 heavy (non-hydrogen) atoms. The lowest BCUT2D eigenvalue weighted by atomic mass is 9.58. The van der Waals surface area contributed by atoms with Crippen molar-refractivity contribution in [1.82, 2.24) is 0 Å². The molecule has 1 fully saturated rings. The minimum atomic E-state index is -0.738. The van der Waals surface area contributed by atoms with Crippen LogP contribution in [0.4, 0.5) is 5.69 Å². The van der Waals surface area contributed by atoms with Crippen LogP contribution in [-0.4, -0.2) is 36.8 Å². The van der Waals surface area contributed by atoms with E-state index in [0.29, 0.717) is 5.69 Å². The van der Waals surface area contributed by atoms with Gasteiger partial charge in [0.1, 0.15) is 0 Å². The number of carbonyl (C=O) groups is 3. The Morgan fingerprint density at radius 2 is 1.71 bits per heavy atom. The van der Waals surface area contributed by atoms with E-state index < -0.39 is 10.8 Å². The molecule has 1 aliphatic heterocycles. The van der Waals surface area contributed by atoms with Crippen LogP contribution in [0.25, 0.3) is 0 Å². The smallest absolute Gasteiger partial charge is 0.247 e. The molecular weight excluding hydrogens is 321 g/mol. The molecule has 1 heterocycles. The Bertz CT molecular complexity index is 682. The molecule has 0 bridgehead atoms. The second-order valence-electron chi connectivity index (χ2n) is 7.16. The highest BCUT2D eigenvalue weighted by Crippen LogP contribution is 2.42. The average Bonchev–Trinajstić information content (AvgIpc) is 2.81. The van der Waals surface area contributed by atoms with E-state index in [1.165, 1.54) is 16.7 Å². The first-order valence-electron chi connectivity index (χ1n) is 7.84. The highest BCUT2D eigenvalue weighted by atomic mass is 32.2. The Morgan fingerprint density at radius 1 is 1.17 bits per heavy atom. The zero-order valence-electron chi connectivity index (χ0n) is 14.8. The summed E-state index contributed by atoms with van der Waals surface area (Å²) < 4.78 is 0. The van der Waals surface area contributed by atoms with Crippen molar-refractivity contribution in [2.75, 3.05) is 11.2 Å². The van der Waals surface area contributed by atoms with E-state index in [1.807, 2.05) is 46.1 Å². The maximum Gasteiger partial charge on any atom is 0.247 e. The number of benzene rings is 1. The molecule has 1 aromatic rings. The van der Waals surface area contributed by atoms with E-state index in [2.05, 4.69) is 0 Å². The van der Waals surface area contributed by atoms with Crippen molar-refractivity contribution in [1.29, 1.82) is 0 Å². The molecule has 1 unspecified atom stereocenters. The van der Waals surface area contributed by atoms with Gasteiger partial charge in [-0.15, -0.1) is 0 Å². The molecule has 0 saturated carbocycles. The first-order chi connectivity index (χ1) is 11.0. The number of hydrogen-bond donors (Lipinski definition) is 0. The zero-order valence-corrected chi connectivity index (χ0v) is 15.6. The van der Waals surface area contributed by atoms with Crippen molar-refractivity contribution in [3.05, 3.63) is 29.8 Å². The molecule has 2 radical (unpaired) electrons. The molecule has 2 rings (SSSR count). The zero-order chi connectivity index (χ0) is 18.3. The number of carbonyl (C=O) groups excluding carboxylic acids is 3. The van der Waals surface area contributed by atoms with Gasteiger partial charge in [-0.3, -0.25) is 9.59 Å². The standard InChI is InChI=1S/C18H22BNO3S/c1-17(2,18(3,4)16(19)23)11-6-8-12(9-7-11)20-14(21)10-13(24-5)15(20)22/h6-9,13H,10H2,1-5H3. The summed E-state index contributed by atoms with van der Waals surface area (Å²) in [6, 6.07) is 7.22. The average molecular weight is 343 g/mol. The summed E-state index contributed by atoms with van der Waals surface area (Å²) in [7, 11) is 5.55. The Kier molecular flexibility index (Phi) is 5.00. The summed E-state index contributed by atoms with van der Waals surface area (Å²) in [5.74, 6) is -0.346. The molecule has 4 nitrogen and oxygen atoms in total. The largest absolute Gasteiger partial charge is 0.312 e. The van der Waals surface area contributed by atoms with Gasteiger partial charge in [-0.2, -0.15) is 11.8 Å². The van der Waals surface area contributed by atoms with Gasteiger partial charge in [0.05, 0.1) is 16.6 Å². The maximum absolute atomic E-state index is 12.3. The highest BCUT2D eigenvalue weighted by molar-refractivity contribution is 8.00. The number of anilines is 1. The lowest BCUT2D eigenvalue weighted by molar-refractivity contribution is -0.122. The molecule has 1 aliphatic rings. The fourth-order valence-corrected chi connectivity index (χ4v) is 3.37. The summed E-state index contributed by atoms with van der Waals surface area (Å²) in [5.41, 5.74) is -0.103. The Labute approximate surface area is 148 Å². The van der Waals surface area contributed by atoms with Crippen LogP contribution in [0.15, 0.2) is 24.3 Å². The van der Waals surface area contributed by atoms with Crippen LogP contribution in [0.2, 0.25) is 0 Å². The molecule has 2 amide bonds. The normalized spacial score (nSPS) is 19.0. The van der Waals surface area contributed by atoms with Gasteiger partial charge in [0.25, 0.3) is 0 Å². The van der Waals surface area contributed by atoms with Crippen molar-refractivity contribution in [3.8, 4) is 0 Å². The molecular formula is C18H22BNO3S. The molecule has 126 valence electrons. The fraction of sp³-hybridized carbons (Fsp3) is 0.500. The molecule has 0 N–H and O–H groups in total. The summed E-state index contributed by atoms with van der Waals surface area (Å²) in [6.07, 6.45) is 2.07. The van der Waals surface area contributed by atoms with Gasteiger partial charge in [-0.25, -0.2) is 4.90 Å². The predicted octanol–water partition coefficient (Wildman–Crippen LogP) is 2.68. The molecule has 0 aromatic heterocycles. The van der Waals surface area contributed by atoms with Gasteiger partial charge in [-0.1, -0.05) is 39.8 Å². The first-order valence-corrected chi connectivity index (χ1v) is 9.13. The van der Waals surface area contributed by atoms with E-state index in [0.717, 1.165) is 5.56 Å². The Morgan fingerprint density at radius 3 is 2.12 bits per heavy atom. The monoisotopic (exact) mass is 343 g/mol. The van der Waals surface area contributed by atoms with Crippen molar-refractivity contribution in [2.45, 2.75) is 44.8 Å². The number of hydrogen-bond acceptors (Lipinski definition) is 4. The van der Waals surface area contributed by atoms with Gasteiger partial charge in [-0.05, 0) is 24.0 Å². The molecule has 0 aliphatic carbocycles. The lowest BCUT2D eigenvalue weighted by Gasteiger charge is -2.41. The molecule has 0 spiro atoms. The second-order valence-corrected chi connectivity index (χ2v) is 8.20. The van der Waals surface area contributed by atoms with Crippen LogP contribution in [0.1, 0.15) is 39.7 Å². The van der Waals surface area contributed by atoms with E-state index in [4.69, 9.17) is 7.85 Å². The minimum Gasteiger partial charge on any atom is -0.312 e. The van der Waals surface area contributed by atoms with Crippen molar-refractivity contribution in [2.24, 2.45) is 5.41 Å². The van der Waals surface area contributed by atoms with E-state index in [1.54, 1.807) is 12.1 Å². The van der Waals surface area contributed by atoms with Gasteiger partial charge in [0.15, 0.2) is 7.85 Å². The summed E-state index contributed by atoms with van der Waals surface area (Å²) >= 11 is 1.39. The minimum absolute atomic E-state index is 0.169. The van der Waals surface area contributed by atoms with Gasteiger partial charge < -0.3 is 4.79 Å². The molecule has 1 atom stereocenters. The van der Waals surface area contributed by atoms with E-state index >= 15 is 0 Å². The third kappa shape index (κ3) is 2.92. The fourth-order valence-electron chi connectivity index (χ4n) is 2.76. The van der Waals surface area contributed by atoms with Crippen LogP contribution in [0.5, 0.6) is 0 Å². The van der Waals surface area contributed by atoms with Crippen LogP contribution in [0.3, 0.4) is 0 Å². The number of thioether (sulfide) groups is 1. The van der Waals surface area contributed by atoms with Crippen LogP contribution in [-0.2, 0) is 19.8 Å². The SMILES string of the molecule is [B]C(=O)C(C)(C)C(C)(C)c1ccc(N2C(=O)CC(SC)C2=O)cc1. The quantitative estimate of drug-likeness (QED) is 0.609. The van der Waals surface area contributed by atoms with Crippen molar-refractivity contribution >= 4 is 42.8 Å². The third-order valence-electron chi connectivity index (χ3n) is 5.42. The van der Waals surface area contributed by atoms with Gasteiger partial charge in [0.2, 0.25) is 11.8 Å². The first kappa shape index (κ1) is 18.8. The lowest BCUT2D eigenvalue weighted by Crippen LogP contribution is -2.43. The summed E-state index contributed by atoms with van der Waals surface area (Å²) in [4.78, 5) is 37.5. The van der Waals surface area contributed by atoms with Crippen LogP contribution >= 0.6 is 11.8 Å². The topological polar surface area (TPSA) is 54.5 Å². The number of rotatable bonds is 5.